The van der Waals surface area contributed by atoms with Gasteiger partial charge in [0, 0.05) is 0 Å². The fourth-order valence-electron chi connectivity index (χ4n) is 2.10. The van der Waals surface area contributed by atoms with E-state index in [9.17, 15) is 9.59 Å². The zero-order valence-corrected chi connectivity index (χ0v) is 14.7. The Labute approximate surface area is 151 Å². The van der Waals surface area contributed by atoms with Crippen LogP contribution in [0.1, 0.15) is 28.4 Å². The zero-order valence-electron chi connectivity index (χ0n) is 14.7. The van der Waals surface area contributed by atoms with Gasteiger partial charge in [0.05, 0.1) is 18.9 Å². The van der Waals surface area contributed by atoms with Crippen molar-refractivity contribution in [3.63, 3.8) is 0 Å². The fourth-order valence-corrected chi connectivity index (χ4v) is 2.10. The minimum atomic E-state index is -1.04. The molecule has 0 heterocycles. The molecule has 0 aromatic heterocycles. The van der Waals surface area contributed by atoms with E-state index < -0.39 is 12.1 Å². The van der Waals surface area contributed by atoms with Crippen LogP contribution in [0.15, 0.2) is 47.6 Å². The van der Waals surface area contributed by atoms with Crippen LogP contribution in [-0.4, -0.2) is 36.4 Å². The molecule has 7 heteroatoms. The molecule has 0 fully saturated rings. The monoisotopic (exact) mass is 356 g/mol. The highest BCUT2D eigenvalue weighted by atomic mass is 16.5. The van der Waals surface area contributed by atoms with Crippen LogP contribution in [-0.2, 0) is 4.79 Å². The summed E-state index contributed by atoms with van der Waals surface area (Å²) in [5.74, 6) is -0.504. The predicted molar refractivity (Wildman–Crippen MR) is 97.0 cm³/mol. The Bertz CT molecular complexity index is 815. The van der Waals surface area contributed by atoms with Gasteiger partial charge in [-0.1, -0.05) is 6.07 Å². The number of rotatable bonds is 7. The van der Waals surface area contributed by atoms with E-state index in [1.807, 2.05) is 13.0 Å². The number of hydrogen-bond acceptors (Lipinski definition) is 5. The van der Waals surface area contributed by atoms with E-state index in [2.05, 4.69) is 10.5 Å². The van der Waals surface area contributed by atoms with Gasteiger partial charge in [0.25, 0.3) is 5.91 Å². The van der Waals surface area contributed by atoms with E-state index >= 15 is 0 Å². The topological polar surface area (TPSA) is 97.2 Å². The molecule has 0 aliphatic rings. The molecule has 0 bridgehead atoms. The maximum Gasteiger partial charge on any atom is 0.344 e. The Kier molecular flexibility index (Phi) is 6.32. The van der Waals surface area contributed by atoms with Crippen molar-refractivity contribution < 1.29 is 24.2 Å². The first-order valence-corrected chi connectivity index (χ1v) is 7.88. The van der Waals surface area contributed by atoms with Crippen LogP contribution >= 0.6 is 0 Å². The number of carboxylic acids is 1. The number of carbonyl (C=O) groups is 2. The van der Waals surface area contributed by atoms with Crippen LogP contribution in [0.3, 0.4) is 0 Å². The number of aliphatic carboxylic acids is 1. The summed E-state index contributed by atoms with van der Waals surface area (Å²) in [6.07, 6.45) is 0.543. The zero-order chi connectivity index (χ0) is 19.1. The van der Waals surface area contributed by atoms with Crippen molar-refractivity contribution in [2.24, 2.45) is 5.10 Å². The van der Waals surface area contributed by atoms with Gasteiger partial charge in [0.1, 0.15) is 11.5 Å². The smallest absolute Gasteiger partial charge is 0.344 e. The van der Waals surface area contributed by atoms with Crippen LogP contribution in [0.5, 0.6) is 11.5 Å². The molecule has 0 radical (unpaired) electrons. The van der Waals surface area contributed by atoms with Crippen molar-refractivity contribution in [2.45, 2.75) is 20.0 Å². The van der Waals surface area contributed by atoms with Crippen LogP contribution in [0, 0.1) is 6.92 Å². The third-order valence-corrected chi connectivity index (χ3v) is 3.52. The summed E-state index contributed by atoms with van der Waals surface area (Å²) >= 11 is 0. The predicted octanol–water partition coefficient (Wildman–Crippen LogP) is 2.62. The first-order valence-electron chi connectivity index (χ1n) is 7.88. The molecule has 1 atom stereocenters. The Morgan fingerprint density at radius 1 is 1.19 bits per heavy atom. The molecule has 1 amide bonds. The number of ether oxygens (including phenoxy) is 2. The van der Waals surface area contributed by atoms with Gasteiger partial charge in [-0.2, -0.15) is 5.10 Å². The minimum Gasteiger partial charge on any atom is -0.496 e. The van der Waals surface area contributed by atoms with Gasteiger partial charge in [-0.3, -0.25) is 4.79 Å². The van der Waals surface area contributed by atoms with Gasteiger partial charge in [0.15, 0.2) is 6.10 Å². The molecule has 0 saturated heterocycles. The van der Waals surface area contributed by atoms with Crippen LogP contribution in [0.4, 0.5) is 0 Å². The van der Waals surface area contributed by atoms with Crippen molar-refractivity contribution in [2.75, 3.05) is 7.11 Å². The van der Waals surface area contributed by atoms with Crippen molar-refractivity contribution in [3.8, 4) is 11.5 Å². The summed E-state index contributed by atoms with van der Waals surface area (Å²) in [6.45, 7) is 3.36. The van der Waals surface area contributed by atoms with Gasteiger partial charge in [0.2, 0.25) is 0 Å². The van der Waals surface area contributed by atoms with E-state index in [-0.39, 0.29) is 5.91 Å². The second-order valence-corrected chi connectivity index (χ2v) is 5.57. The van der Waals surface area contributed by atoms with E-state index in [0.29, 0.717) is 17.1 Å². The fraction of sp³-hybridized carbons (Fsp3) is 0.211. The maximum atomic E-state index is 12.2. The minimum absolute atomic E-state index is 0.381. The molecular weight excluding hydrogens is 336 g/mol. The number of nitrogens with one attached hydrogen (secondary N) is 1. The summed E-state index contributed by atoms with van der Waals surface area (Å²) in [7, 11) is 1.50. The Morgan fingerprint density at radius 2 is 1.88 bits per heavy atom. The van der Waals surface area contributed by atoms with Gasteiger partial charge in [-0.15, -0.1) is 0 Å². The average Bonchev–Trinajstić information content (AvgIpc) is 2.62. The molecule has 7 nitrogen and oxygen atoms in total. The largest absolute Gasteiger partial charge is 0.496 e. The molecule has 0 spiro atoms. The Hall–Kier alpha value is -3.35. The third-order valence-electron chi connectivity index (χ3n) is 3.52. The molecule has 26 heavy (non-hydrogen) atoms. The second kappa shape index (κ2) is 8.66. The van der Waals surface area contributed by atoms with E-state index in [0.717, 1.165) is 11.1 Å². The van der Waals surface area contributed by atoms with Gasteiger partial charge < -0.3 is 14.6 Å². The highest BCUT2D eigenvalue weighted by molar-refractivity contribution is 5.97. The van der Waals surface area contributed by atoms with Crippen LogP contribution in [0.2, 0.25) is 0 Å². The molecule has 2 rings (SSSR count). The standard InChI is InChI=1S/C19H20N2O5/c1-12-4-9-16(17(10-12)25-3)18(22)21-20-11-14-5-7-15(8-6-14)26-13(2)19(23)24/h4-11,13H,1-3H3,(H,21,22)(H,23,24)/b20-11-/t13-/m1/s1. The number of methoxy groups -OCH3 is 1. The molecule has 0 aliphatic carbocycles. The average molecular weight is 356 g/mol. The lowest BCUT2D eigenvalue weighted by molar-refractivity contribution is -0.144. The number of benzene rings is 2. The van der Waals surface area contributed by atoms with Crippen molar-refractivity contribution >= 4 is 18.1 Å². The summed E-state index contributed by atoms with van der Waals surface area (Å²) in [6, 6.07) is 11.9. The van der Waals surface area contributed by atoms with Gasteiger partial charge >= 0.3 is 5.97 Å². The van der Waals surface area contributed by atoms with E-state index in [1.54, 1.807) is 36.4 Å². The Morgan fingerprint density at radius 3 is 2.50 bits per heavy atom. The normalized spacial score (nSPS) is 11.8. The number of hydrogen-bond donors (Lipinski definition) is 2. The SMILES string of the molecule is COc1cc(C)ccc1C(=O)N/N=C\c1ccc(O[C@H](C)C(=O)O)cc1. The van der Waals surface area contributed by atoms with Gasteiger partial charge in [-0.05, 0) is 61.4 Å². The molecule has 136 valence electrons. The number of nitrogens with zero attached hydrogens (tertiary/aromatic N) is 1. The molecule has 2 N–H and O–H groups in total. The van der Waals surface area contributed by atoms with E-state index in [1.165, 1.54) is 20.2 Å². The lowest BCUT2D eigenvalue weighted by Gasteiger charge is -2.10. The van der Waals surface area contributed by atoms with Crippen LogP contribution < -0.4 is 14.9 Å². The lowest BCUT2D eigenvalue weighted by atomic mass is 10.1. The third kappa shape index (κ3) is 5.07. The van der Waals surface area contributed by atoms with E-state index in [4.69, 9.17) is 14.6 Å². The molecular formula is C19H20N2O5. The molecule has 2 aromatic carbocycles. The van der Waals surface area contributed by atoms with Crippen molar-refractivity contribution in [3.05, 3.63) is 59.2 Å². The number of carboxylic acid groups (broad SMARTS) is 1. The number of amides is 1. The highest BCUT2D eigenvalue weighted by Crippen LogP contribution is 2.19. The maximum absolute atomic E-state index is 12.2. The molecule has 0 aliphatic heterocycles. The van der Waals surface area contributed by atoms with Crippen molar-refractivity contribution in [1.82, 2.24) is 5.43 Å². The lowest BCUT2D eigenvalue weighted by Crippen LogP contribution is -2.22. The summed E-state index contributed by atoms with van der Waals surface area (Å²) in [4.78, 5) is 22.9. The van der Waals surface area contributed by atoms with Crippen LogP contribution in [0.25, 0.3) is 0 Å². The number of aryl methyl sites for hydroxylation is 1. The molecule has 2 aromatic rings. The number of hydrazone groups is 1. The quantitative estimate of drug-likeness (QED) is 0.587. The summed E-state index contributed by atoms with van der Waals surface area (Å²) in [5.41, 5.74) is 4.54. The second-order valence-electron chi connectivity index (χ2n) is 5.57. The summed E-state index contributed by atoms with van der Waals surface area (Å²) < 4.78 is 10.4. The Balaban J connectivity index is 1.98. The number of carbonyl (C=O) groups excluding carboxylic acids is 1. The summed E-state index contributed by atoms with van der Waals surface area (Å²) in [5, 5.41) is 12.7. The van der Waals surface area contributed by atoms with Gasteiger partial charge in [-0.25, -0.2) is 10.2 Å². The first kappa shape index (κ1) is 19.0. The molecule has 0 unspecified atom stereocenters. The van der Waals surface area contributed by atoms with Crippen molar-refractivity contribution in [1.29, 1.82) is 0 Å². The highest BCUT2D eigenvalue weighted by Gasteiger charge is 2.12. The first-order chi connectivity index (χ1) is 12.4. The molecule has 0 saturated carbocycles.